The molecule has 0 bridgehead atoms. The normalized spacial score (nSPS) is 11.2. The number of benzene rings is 1. The van der Waals surface area contributed by atoms with Crippen LogP contribution in [-0.4, -0.2) is 35.9 Å². The summed E-state index contributed by atoms with van der Waals surface area (Å²) in [4.78, 5) is 34.4. The summed E-state index contributed by atoms with van der Waals surface area (Å²) in [6.07, 6.45) is 0.141. The van der Waals surface area contributed by atoms with Crippen LogP contribution in [-0.2, 0) is 16.0 Å². The molecule has 1 atom stereocenters. The van der Waals surface area contributed by atoms with Gasteiger partial charge in [0.25, 0.3) is 0 Å². The Hall–Kier alpha value is -1.76. The van der Waals surface area contributed by atoms with E-state index < -0.39 is 12.0 Å². The number of rotatable bonds is 6. The summed E-state index contributed by atoms with van der Waals surface area (Å²) in [5, 5.41) is 8.94. The van der Waals surface area contributed by atoms with E-state index in [1.165, 1.54) is 21.0 Å². The van der Waals surface area contributed by atoms with Gasteiger partial charge in [0.15, 0.2) is 11.6 Å². The highest BCUT2D eigenvalue weighted by atomic mass is 35.5. The topological polar surface area (TPSA) is 92.7 Å². The number of hydrogen-bond acceptors (Lipinski definition) is 6. The van der Waals surface area contributed by atoms with E-state index >= 15 is 0 Å². The summed E-state index contributed by atoms with van der Waals surface area (Å²) in [6, 6.07) is 3.80. The van der Waals surface area contributed by atoms with Crippen molar-refractivity contribution in [1.29, 1.82) is 0 Å². The molecule has 0 fully saturated rings. The lowest BCUT2D eigenvalue weighted by Crippen LogP contribution is -2.37. The monoisotopic (exact) mass is 315 g/mol. The third-order valence-electron chi connectivity index (χ3n) is 2.92. The van der Waals surface area contributed by atoms with Crippen LogP contribution in [0.2, 0.25) is 0 Å². The quantitative estimate of drug-likeness (QED) is 0.470. The number of hydroxylamine groups is 1. The van der Waals surface area contributed by atoms with Gasteiger partial charge in [-0.3, -0.25) is 14.4 Å². The van der Waals surface area contributed by atoms with Gasteiger partial charge in [-0.15, -0.1) is 12.4 Å². The minimum Gasteiger partial charge on any atom is -0.468 e. The highest BCUT2D eigenvalue weighted by Crippen LogP contribution is 2.15. The molecule has 0 aliphatic rings. The lowest BCUT2D eigenvalue weighted by atomic mass is 9.96. The Kier molecular flexibility index (Phi) is 7.80. The molecule has 0 saturated carbocycles. The van der Waals surface area contributed by atoms with Crippen LogP contribution in [0.3, 0.4) is 0 Å². The van der Waals surface area contributed by atoms with Crippen LogP contribution < -0.4 is 5.48 Å². The summed E-state index contributed by atoms with van der Waals surface area (Å²) < 4.78 is 4.53. The van der Waals surface area contributed by atoms with Gasteiger partial charge in [-0.05, 0) is 25.5 Å². The average Bonchev–Trinajstić information content (AvgIpc) is 2.43. The molecule has 1 aromatic carbocycles. The molecule has 6 nitrogen and oxygen atoms in total. The number of esters is 1. The van der Waals surface area contributed by atoms with Crippen molar-refractivity contribution in [2.24, 2.45) is 0 Å². The molecule has 0 amide bonds. The fourth-order valence-electron chi connectivity index (χ4n) is 1.88. The van der Waals surface area contributed by atoms with E-state index in [0.29, 0.717) is 16.7 Å². The van der Waals surface area contributed by atoms with E-state index in [1.54, 1.807) is 18.2 Å². The minimum atomic E-state index is -0.928. The van der Waals surface area contributed by atoms with Crippen molar-refractivity contribution in [3.63, 3.8) is 0 Å². The molecule has 7 heteroatoms. The molecule has 1 rings (SSSR count). The molecule has 0 radical (unpaired) electrons. The van der Waals surface area contributed by atoms with Crippen molar-refractivity contribution < 1.29 is 24.3 Å². The standard InChI is InChI=1S/C14H17NO5.ClH/c1-8(16)11-5-4-10(6-12(11)9(2)17)7-13(15-19)14(18)20-3;/h4-6,13,15,19H,7H2,1-3H3;1H/t13-;/m0./s1. The van der Waals surface area contributed by atoms with Crippen molar-refractivity contribution in [2.45, 2.75) is 26.3 Å². The number of Topliss-reactive ketones (excluding diaryl/α,β-unsaturated/α-hetero) is 2. The van der Waals surface area contributed by atoms with E-state index in [2.05, 4.69) is 4.74 Å². The van der Waals surface area contributed by atoms with E-state index in [1.807, 2.05) is 5.48 Å². The van der Waals surface area contributed by atoms with Crippen LogP contribution in [0, 0.1) is 0 Å². The Morgan fingerprint density at radius 1 is 1.19 bits per heavy atom. The first-order valence-corrected chi connectivity index (χ1v) is 6.03. The second-order valence-corrected chi connectivity index (χ2v) is 4.40. The van der Waals surface area contributed by atoms with E-state index in [4.69, 9.17) is 5.21 Å². The zero-order chi connectivity index (χ0) is 15.3. The molecule has 0 heterocycles. The Labute approximate surface area is 128 Å². The number of hydrogen-bond donors (Lipinski definition) is 2. The molecule has 0 saturated heterocycles. The maximum absolute atomic E-state index is 11.6. The smallest absolute Gasteiger partial charge is 0.325 e. The number of ketones is 2. The Bertz CT molecular complexity index is 544. The van der Waals surface area contributed by atoms with Crippen LogP contribution in [0.15, 0.2) is 18.2 Å². The number of carbonyl (C=O) groups is 3. The summed E-state index contributed by atoms with van der Waals surface area (Å²) in [5.41, 5.74) is 3.14. The molecule has 21 heavy (non-hydrogen) atoms. The highest BCUT2D eigenvalue weighted by molar-refractivity contribution is 6.07. The highest BCUT2D eigenvalue weighted by Gasteiger charge is 2.20. The summed E-state index contributed by atoms with van der Waals surface area (Å²) >= 11 is 0. The Morgan fingerprint density at radius 2 is 1.76 bits per heavy atom. The van der Waals surface area contributed by atoms with Crippen LogP contribution in [0.5, 0.6) is 0 Å². The predicted molar refractivity (Wildman–Crippen MR) is 78.1 cm³/mol. The van der Waals surface area contributed by atoms with Gasteiger partial charge in [-0.25, -0.2) is 0 Å². The van der Waals surface area contributed by atoms with Crippen molar-refractivity contribution in [1.82, 2.24) is 5.48 Å². The molecule has 0 spiro atoms. The zero-order valence-electron chi connectivity index (χ0n) is 12.0. The van der Waals surface area contributed by atoms with Gasteiger partial charge in [-0.1, -0.05) is 12.1 Å². The molecule has 0 aliphatic carbocycles. The first-order valence-electron chi connectivity index (χ1n) is 6.03. The lowest BCUT2D eigenvalue weighted by Gasteiger charge is -2.13. The van der Waals surface area contributed by atoms with Gasteiger partial charge in [0.2, 0.25) is 0 Å². The molecule has 1 aromatic rings. The number of nitrogens with one attached hydrogen (secondary N) is 1. The van der Waals surface area contributed by atoms with Gasteiger partial charge in [-0.2, -0.15) is 5.48 Å². The molecular formula is C14H18ClNO5. The molecular weight excluding hydrogens is 298 g/mol. The minimum absolute atomic E-state index is 0. The van der Waals surface area contributed by atoms with E-state index in [9.17, 15) is 14.4 Å². The number of ether oxygens (including phenoxy) is 1. The third kappa shape index (κ3) is 4.93. The maximum Gasteiger partial charge on any atom is 0.325 e. The van der Waals surface area contributed by atoms with Crippen LogP contribution in [0.25, 0.3) is 0 Å². The number of carbonyl (C=O) groups excluding carboxylic acids is 3. The first kappa shape index (κ1) is 19.2. The van der Waals surface area contributed by atoms with E-state index in [-0.39, 0.29) is 30.4 Å². The molecule has 0 aliphatic heterocycles. The Balaban J connectivity index is 0.00000400. The second kappa shape index (κ2) is 8.51. The fraction of sp³-hybridized carbons (Fsp3) is 0.357. The maximum atomic E-state index is 11.6. The molecule has 0 aromatic heterocycles. The summed E-state index contributed by atoms with van der Waals surface area (Å²) in [6.45, 7) is 2.75. The van der Waals surface area contributed by atoms with Gasteiger partial charge >= 0.3 is 5.97 Å². The van der Waals surface area contributed by atoms with Gasteiger partial charge in [0.05, 0.1) is 7.11 Å². The van der Waals surface area contributed by atoms with Crippen LogP contribution >= 0.6 is 12.4 Å². The van der Waals surface area contributed by atoms with Gasteiger partial charge in [0, 0.05) is 17.5 Å². The van der Waals surface area contributed by atoms with E-state index in [0.717, 1.165) is 0 Å². The Morgan fingerprint density at radius 3 is 2.19 bits per heavy atom. The van der Waals surface area contributed by atoms with Crippen molar-refractivity contribution >= 4 is 29.9 Å². The first-order chi connectivity index (χ1) is 9.40. The zero-order valence-corrected chi connectivity index (χ0v) is 12.8. The average molecular weight is 316 g/mol. The third-order valence-corrected chi connectivity index (χ3v) is 2.92. The lowest BCUT2D eigenvalue weighted by molar-refractivity contribution is -0.145. The molecule has 2 N–H and O–H groups in total. The van der Waals surface area contributed by atoms with Gasteiger partial charge < -0.3 is 9.94 Å². The van der Waals surface area contributed by atoms with Crippen LogP contribution in [0.4, 0.5) is 0 Å². The van der Waals surface area contributed by atoms with Gasteiger partial charge in [0.1, 0.15) is 6.04 Å². The largest absolute Gasteiger partial charge is 0.468 e. The molecule has 116 valence electrons. The van der Waals surface area contributed by atoms with Crippen molar-refractivity contribution in [2.75, 3.05) is 7.11 Å². The second-order valence-electron chi connectivity index (χ2n) is 4.40. The van der Waals surface area contributed by atoms with Crippen molar-refractivity contribution in [3.8, 4) is 0 Å². The fourth-order valence-corrected chi connectivity index (χ4v) is 1.88. The van der Waals surface area contributed by atoms with Crippen LogP contribution in [0.1, 0.15) is 40.1 Å². The molecule has 0 unspecified atom stereocenters. The SMILES string of the molecule is COC(=O)[C@H](Cc1ccc(C(C)=O)c(C(C)=O)c1)NO.Cl. The summed E-state index contributed by atoms with van der Waals surface area (Å²) in [7, 11) is 1.21. The van der Waals surface area contributed by atoms with Crippen molar-refractivity contribution in [3.05, 3.63) is 34.9 Å². The number of halogens is 1. The summed E-state index contributed by atoms with van der Waals surface area (Å²) in [5.74, 6) is -1.05. The predicted octanol–water partition coefficient (Wildman–Crippen LogP) is 1.58. The number of methoxy groups -OCH3 is 1.